The molecule has 0 spiro atoms. The molecule has 0 fully saturated rings. The number of nitrogens with zero attached hydrogens (tertiary/aromatic N) is 2. The van der Waals surface area contributed by atoms with E-state index in [4.69, 9.17) is 0 Å². The molecule has 1 aliphatic rings. The number of hydrogen-bond acceptors (Lipinski definition) is 3. The molecule has 2 heterocycles. The van der Waals surface area contributed by atoms with E-state index in [0.29, 0.717) is 0 Å². The molecule has 1 atom stereocenters. The van der Waals surface area contributed by atoms with Crippen molar-refractivity contribution in [3.8, 4) is 0 Å². The second-order valence-electron chi connectivity index (χ2n) is 7.94. The van der Waals surface area contributed by atoms with Gasteiger partial charge in [-0.3, -0.25) is 9.97 Å². The molecule has 0 aliphatic heterocycles. The van der Waals surface area contributed by atoms with Crippen LogP contribution in [0.1, 0.15) is 36.5 Å². The highest BCUT2D eigenvalue weighted by atomic mass is 14.9. The fraction of sp³-hybridized carbons (Fsp3) is 0.133. The van der Waals surface area contributed by atoms with Gasteiger partial charge in [-0.05, 0) is 71.7 Å². The van der Waals surface area contributed by atoms with Gasteiger partial charge in [0.15, 0.2) is 0 Å². The summed E-state index contributed by atoms with van der Waals surface area (Å²) in [6.45, 7) is 5.91. The maximum Gasteiger partial charge on any atom is 0.0482 e. The summed E-state index contributed by atoms with van der Waals surface area (Å²) in [7, 11) is 0. The number of aromatic nitrogens is 2. The van der Waals surface area contributed by atoms with Gasteiger partial charge in [-0.25, -0.2) is 0 Å². The van der Waals surface area contributed by atoms with Gasteiger partial charge in [0.1, 0.15) is 0 Å². The average molecular weight is 432 g/mol. The first-order chi connectivity index (χ1) is 16.3. The monoisotopic (exact) mass is 431 g/mol. The van der Waals surface area contributed by atoms with Crippen molar-refractivity contribution in [2.24, 2.45) is 0 Å². The van der Waals surface area contributed by atoms with Crippen molar-refractivity contribution in [1.29, 1.82) is 0 Å². The third-order valence-electron chi connectivity index (χ3n) is 5.71. The van der Waals surface area contributed by atoms with Crippen LogP contribution >= 0.6 is 0 Å². The quantitative estimate of drug-likeness (QED) is 0.385. The van der Waals surface area contributed by atoms with Crippen molar-refractivity contribution in [3.63, 3.8) is 0 Å². The van der Waals surface area contributed by atoms with Crippen LogP contribution in [0.25, 0.3) is 28.5 Å². The van der Waals surface area contributed by atoms with Gasteiger partial charge in [-0.15, -0.1) is 0 Å². The van der Waals surface area contributed by atoms with Gasteiger partial charge < -0.3 is 5.32 Å². The average Bonchev–Trinajstić information content (AvgIpc) is 2.88. The van der Waals surface area contributed by atoms with E-state index >= 15 is 0 Å². The predicted octanol–water partition coefficient (Wildman–Crippen LogP) is 7.14. The van der Waals surface area contributed by atoms with Crippen molar-refractivity contribution in [2.45, 2.75) is 25.8 Å². The summed E-state index contributed by atoms with van der Waals surface area (Å²) >= 11 is 0. The second-order valence-corrected chi connectivity index (χ2v) is 7.94. The maximum atomic E-state index is 4.20. The van der Waals surface area contributed by atoms with E-state index in [2.05, 4.69) is 102 Å². The molecule has 1 N–H and O–H groups in total. The van der Waals surface area contributed by atoms with Gasteiger partial charge in [0.05, 0.1) is 0 Å². The zero-order valence-corrected chi connectivity index (χ0v) is 19.0. The molecule has 0 bridgehead atoms. The summed E-state index contributed by atoms with van der Waals surface area (Å²) in [5.41, 5.74) is 5.82. The number of rotatable bonds is 8. The Morgan fingerprint density at radius 2 is 1.94 bits per heavy atom. The van der Waals surface area contributed by atoms with Gasteiger partial charge in [0, 0.05) is 41.9 Å². The van der Waals surface area contributed by atoms with E-state index in [1.807, 2.05) is 30.7 Å². The summed E-state index contributed by atoms with van der Waals surface area (Å²) in [5.74, 6) is 0. The lowest BCUT2D eigenvalue weighted by Crippen LogP contribution is -2.26. The van der Waals surface area contributed by atoms with Crippen LogP contribution in [0.15, 0.2) is 110 Å². The molecule has 3 heteroatoms. The van der Waals surface area contributed by atoms with Crippen LogP contribution in [-0.4, -0.2) is 16.0 Å². The van der Waals surface area contributed by atoms with E-state index in [0.717, 1.165) is 29.7 Å². The molecule has 0 radical (unpaired) electrons. The zero-order chi connectivity index (χ0) is 22.9. The molecule has 0 saturated heterocycles. The van der Waals surface area contributed by atoms with Crippen molar-refractivity contribution < 1.29 is 0 Å². The van der Waals surface area contributed by atoms with E-state index in [-0.39, 0.29) is 6.04 Å². The summed E-state index contributed by atoms with van der Waals surface area (Å²) in [5, 5.41) is 6.01. The number of allylic oxidation sites excluding steroid dienone is 6. The van der Waals surface area contributed by atoms with Gasteiger partial charge >= 0.3 is 0 Å². The summed E-state index contributed by atoms with van der Waals surface area (Å²) < 4.78 is 0. The number of benzene rings is 1. The fourth-order valence-corrected chi connectivity index (χ4v) is 3.85. The molecular formula is C30H29N3. The third-order valence-corrected chi connectivity index (χ3v) is 5.71. The minimum atomic E-state index is 0.289. The van der Waals surface area contributed by atoms with Crippen molar-refractivity contribution >= 4 is 28.5 Å². The molecule has 3 aromatic rings. The Bertz CT molecular complexity index is 1270. The Morgan fingerprint density at radius 3 is 2.76 bits per heavy atom. The first-order valence-electron chi connectivity index (χ1n) is 11.3. The Labute approximate surface area is 196 Å². The topological polar surface area (TPSA) is 37.8 Å². The summed E-state index contributed by atoms with van der Waals surface area (Å²) in [4.78, 5) is 8.33. The number of nitrogens with one attached hydrogen (secondary N) is 1. The minimum absolute atomic E-state index is 0.289. The second kappa shape index (κ2) is 11.1. The van der Waals surface area contributed by atoms with Crippen molar-refractivity contribution in [2.75, 3.05) is 0 Å². The summed E-state index contributed by atoms with van der Waals surface area (Å²) in [6.07, 6.45) is 28.5. The molecule has 0 unspecified atom stereocenters. The van der Waals surface area contributed by atoms with Crippen LogP contribution < -0.4 is 5.32 Å². The lowest BCUT2D eigenvalue weighted by molar-refractivity contribution is 0.685. The van der Waals surface area contributed by atoms with Crippen molar-refractivity contribution in [1.82, 2.24) is 15.3 Å². The maximum absolute atomic E-state index is 4.20. The Kier molecular flexibility index (Phi) is 7.44. The number of hydrogen-bond donors (Lipinski definition) is 1. The smallest absolute Gasteiger partial charge is 0.0482 e. The van der Waals surface area contributed by atoms with Crippen LogP contribution in [0.5, 0.6) is 0 Å². The Morgan fingerprint density at radius 1 is 1.06 bits per heavy atom. The number of fused-ring (bicyclic) bond motifs is 1. The lowest BCUT2D eigenvalue weighted by Gasteiger charge is -2.20. The largest absolute Gasteiger partial charge is 0.379 e. The third kappa shape index (κ3) is 5.83. The molecular weight excluding hydrogens is 402 g/mol. The first-order valence-corrected chi connectivity index (χ1v) is 11.3. The highest BCUT2D eigenvalue weighted by molar-refractivity contribution is 5.87. The molecule has 164 valence electrons. The highest BCUT2D eigenvalue weighted by Gasteiger charge is 2.10. The normalized spacial score (nSPS) is 16.5. The van der Waals surface area contributed by atoms with Crippen LogP contribution in [0.4, 0.5) is 0 Å². The van der Waals surface area contributed by atoms with E-state index in [1.165, 1.54) is 21.9 Å². The molecule has 0 amide bonds. The van der Waals surface area contributed by atoms with Crippen LogP contribution in [0, 0.1) is 0 Å². The van der Waals surface area contributed by atoms with Gasteiger partial charge in [-0.2, -0.15) is 0 Å². The molecule has 1 aliphatic carbocycles. The SMILES string of the molecule is C=Cc1cnccc1/C=C/C/C=C\C(=C/C)N[C@H]1C=CC(c2ccc3cnccc3c2)=CC1. The van der Waals surface area contributed by atoms with Crippen LogP contribution in [0.2, 0.25) is 0 Å². The highest BCUT2D eigenvalue weighted by Crippen LogP contribution is 2.25. The molecule has 1 aromatic carbocycles. The zero-order valence-electron chi connectivity index (χ0n) is 19.0. The molecule has 3 nitrogen and oxygen atoms in total. The van der Waals surface area contributed by atoms with E-state index < -0.39 is 0 Å². The fourth-order valence-electron chi connectivity index (χ4n) is 3.85. The Balaban J connectivity index is 1.31. The molecule has 33 heavy (non-hydrogen) atoms. The van der Waals surface area contributed by atoms with E-state index in [1.54, 1.807) is 6.20 Å². The predicted molar refractivity (Wildman–Crippen MR) is 141 cm³/mol. The first kappa shape index (κ1) is 22.2. The lowest BCUT2D eigenvalue weighted by atomic mass is 9.95. The van der Waals surface area contributed by atoms with Gasteiger partial charge in [0.2, 0.25) is 0 Å². The number of pyridine rings is 2. The van der Waals surface area contributed by atoms with Crippen LogP contribution in [-0.2, 0) is 0 Å². The van der Waals surface area contributed by atoms with Gasteiger partial charge in [-0.1, -0.05) is 67.3 Å². The van der Waals surface area contributed by atoms with E-state index in [9.17, 15) is 0 Å². The summed E-state index contributed by atoms with van der Waals surface area (Å²) in [6, 6.07) is 10.9. The molecule has 2 aromatic heterocycles. The van der Waals surface area contributed by atoms with Gasteiger partial charge in [0.25, 0.3) is 0 Å². The van der Waals surface area contributed by atoms with Crippen molar-refractivity contribution in [3.05, 3.63) is 127 Å². The minimum Gasteiger partial charge on any atom is -0.379 e. The standard InChI is InChI=1S/C30H29N3/c1-3-23-21-31-18-16-24(23)8-6-5-7-9-29(4-2)33-30-14-12-25(13-15-30)26-10-11-28-22-32-19-17-27(28)20-26/h3-4,6-14,16-22,30,33H,1,5,15H2,2H3/b8-6+,9-7-,29-4+/t30-/m0/s1. The van der Waals surface area contributed by atoms with Crippen LogP contribution in [0.3, 0.4) is 0 Å². The molecule has 4 rings (SSSR count). The molecule has 0 saturated carbocycles. The Hall–Kier alpha value is -3.98.